The first-order chi connectivity index (χ1) is 14.6. The number of furan rings is 1. The highest BCUT2D eigenvalue weighted by Gasteiger charge is 2.19. The second-order valence-corrected chi connectivity index (χ2v) is 6.83. The van der Waals surface area contributed by atoms with Gasteiger partial charge in [0.05, 0.1) is 23.7 Å². The molecule has 1 amide bonds. The number of anilines is 1. The minimum Gasteiger partial charge on any atom is -0.467 e. The molecule has 2 aromatic carbocycles. The molecular formula is C23H21N3O4. The number of hydrogen-bond donors (Lipinski definition) is 0. The lowest BCUT2D eigenvalue weighted by molar-refractivity contribution is -0.119. The van der Waals surface area contributed by atoms with Gasteiger partial charge in [0, 0.05) is 12.2 Å². The Morgan fingerprint density at radius 2 is 1.67 bits per heavy atom. The van der Waals surface area contributed by atoms with Crippen LogP contribution in [0, 0.1) is 0 Å². The second kappa shape index (κ2) is 8.24. The van der Waals surface area contributed by atoms with Crippen molar-refractivity contribution in [2.24, 2.45) is 0 Å². The van der Waals surface area contributed by atoms with Crippen LogP contribution in [0.2, 0.25) is 0 Å². The van der Waals surface area contributed by atoms with Gasteiger partial charge in [-0.25, -0.2) is 4.79 Å². The molecule has 2 heterocycles. The monoisotopic (exact) mass is 403 g/mol. The third-order valence-corrected chi connectivity index (χ3v) is 5.00. The molecule has 4 rings (SSSR count). The molecule has 0 saturated carbocycles. The number of carbonyl (C=O) groups is 1. The number of likely N-dealkylation sites (N-methyl/N-ethyl adjacent to an activating group) is 1. The van der Waals surface area contributed by atoms with Crippen LogP contribution in [0.15, 0.2) is 87.0 Å². The maximum Gasteiger partial charge on any atom is 0.332 e. The van der Waals surface area contributed by atoms with Crippen LogP contribution in [-0.4, -0.2) is 21.6 Å². The van der Waals surface area contributed by atoms with E-state index < -0.39 is 11.2 Å². The standard InChI is InChI=1S/C23H21N3O4/c1-2-24(17-9-4-3-5-10-17)21(27)16-25-20-13-7-6-12-19(20)22(28)26(23(25)29)15-18-11-8-14-30-18/h3-14H,2,15-16H2,1H3. The van der Waals surface area contributed by atoms with Crippen molar-refractivity contribution in [3.8, 4) is 0 Å². The minimum atomic E-state index is -0.549. The lowest BCUT2D eigenvalue weighted by atomic mass is 10.2. The fourth-order valence-corrected chi connectivity index (χ4v) is 3.55. The molecule has 0 aliphatic rings. The highest BCUT2D eigenvalue weighted by Crippen LogP contribution is 2.15. The smallest absolute Gasteiger partial charge is 0.332 e. The van der Waals surface area contributed by atoms with Crippen molar-refractivity contribution in [2.45, 2.75) is 20.0 Å². The molecule has 0 saturated heterocycles. The number of aromatic nitrogens is 2. The lowest BCUT2D eigenvalue weighted by Gasteiger charge is -2.22. The molecule has 0 fully saturated rings. The molecule has 152 valence electrons. The maximum absolute atomic E-state index is 13.2. The van der Waals surface area contributed by atoms with Gasteiger partial charge in [0.25, 0.3) is 5.56 Å². The molecule has 7 nitrogen and oxygen atoms in total. The van der Waals surface area contributed by atoms with Gasteiger partial charge >= 0.3 is 5.69 Å². The van der Waals surface area contributed by atoms with Gasteiger partial charge in [-0.2, -0.15) is 0 Å². The minimum absolute atomic E-state index is 0.000130. The number of carbonyl (C=O) groups excluding carboxylic acids is 1. The van der Waals surface area contributed by atoms with Gasteiger partial charge in [-0.15, -0.1) is 0 Å². The second-order valence-electron chi connectivity index (χ2n) is 6.83. The van der Waals surface area contributed by atoms with E-state index in [0.29, 0.717) is 23.2 Å². The van der Waals surface area contributed by atoms with Gasteiger partial charge in [-0.05, 0) is 43.3 Å². The first kappa shape index (κ1) is 19.4. The van der Waals surface area contributed by atoms with Crippen LogP contribution < -0.4 is 16.1 Å². The molecular weight excluding hydrogens is 382 g/mol. The van der Waals surface area contributed by atoms with E-state index in [9.17, 15) is 14.4 Å². The van der Waals surface area contributed by atoms with Crippen molar-refractivity contribution in [1.29, 1.82) is 0 Å². The number of hydrogen-bond acceptors (Lipinski definition) is 4. The summed E-state index contributed by atoms with van der Waals surface area (Å²) in [5, 5.41) is 0.374. The van der Waals surface area contributed by atoms with Gasteiger partial charge in [0.1, 0.15) is 12.3 Å². The summed E-state index contributed by atoms with van der Waals surface area (Å²) in [5.41, 5.74) is 0.227. The summed E-state index contributed by atoms with van der Waals surface area (Å²) in [4.78, 5) is 40.9. The summed E-state index contributed by atoms with van der Waals surface area (Å²) < 4.78 is 7.77. The van der Waals surface area contributed by atoms with Gasteiger partial charge in [0.2, 0.25) is 5.91 Å². The van der Waals surface area contributed by atoms with E-state index in [1.165, 1.54) is 10.8 Å². The van der Waals surface area contributed by atoms with Crippen molar-refractivity contribution in [3.05, 3.63) is 99.6 Å². The highest BCUT2D eigenvalue weighted by atomic mass is 16.3. The van der Waals surface area contributed by atoms with Crippen LogP contribution in [0.5, 0.6) is 0 Å². The third-order valence-electron chi connectivity index (χ3n) is 5.00. The molecule has 0 spiro atoms. The zero-order valence-electron chi connectivity index (χ0n) is 16.5. The first-order valence-electron chi connectivity index (χ1n) is 9.70. The predicted octanol–water partition coefficient (Wildman–Crippen LogP) is 2.86. The van der Waals surface area contributed by atoms with Gasteiger partial charge < -0.3 is 9.32 Å². The molecule has 0 atom stereocenters. The van der Waals surface area contributed by atoms with Crippen molar-refractivity contribution in [3.63, 3.8) is 0 Å². The van der Waals surface area contributed by atoms with E-state index in [4.69, 9.17) is 4.42 Å². The topological polar surface area (TPSA) is 77.5 Å². The normalized spacial score (nSPS) is 11.0. The Morgan fingerprint density at radius 1 is 0.933 bits per heavy atom. The summed E-state index contributed by atoms with van der Waals surface area (Å²) in [7, 11) is 0. The Labute approximate surface area is 172 Å². The first-order valence-corrected chi connectivity index (χ1v) is 9.70. The van der Waals surface area contributed by atoms with E-state index in [0.717, 1.165) is 10.3 Å². The van der Waals surface area contributed by atoms with E-state index in [1.54, 1.807) is 41.3 Å². The molecule has 30 heavy (non-hydrogen) atoms. The van der Waals surface area contributed by atoms with Gasteiger partial charge in [0.15, 0.2) is 0 Å². The molecule has 0 aliphatic carbocycles. The fraction of sp³-hybridized carbons (Fsp3) is 0.174. The van der Waals surface area contributed by atoms with Crippen LogP contribution in [0.25, 0.3) is 10.9 Å². The summed E-state index contributed by atoms with van der Waals surface area (Å²) in [6.07, 6.45) is 1.49. The molecule has 0 unspecified atom stereocenters. The summed E-state index contributed by atoms with van der Waals surface area (Å²) in [6.45, 7) is 2.16. The average molecular weight is 403 g/mol. The van der Waals surface area contributed by atoms with E-state index in [2.05, 4.69) is 0 Å². The molecule has 4 aromatic rings. The van der Waals surface area contributed by atoms with E-state index >= 15 is 0 Å². The van der Waals surface area contributed by atoms with Gasteiger partial charge in [-0.1, -0.05) is 30.3 Å². The van der Waals surface area contributed by atoms with Gasteiger partial charge in [-0.3, -0.25) is 18.7 Å². The van der Waals surface area contributed by atoms with Crippen LogP contribution in [-0.2, 0) is 17.9 Å². The zero-order chi connectivity index (χ0) is 21.1. The summed E-state index contributed by atoms with van der Waals surface area (Å²) in [5.74, 6) is 0.251. The number of para-hydroxylation sites is 2. The van der Waals surface area contributed by atoms with Crippen molar-refractivity contribution < 1.29 is 9.21 Å². The van der Waals surface area contributed by atoms with Crippen molar-refractivity contribution in [2.75, 3.05) is 11.4 Å². The summed E-state index contributed by atoms with van der Waals surface area (Å²) in [6, 6.07) is 19.5. The Balaban J connectivity index is 1.81. The SMILES string of the molecule is CCN(C(=O)Cn1c(=O)n(Cc2ccco2)c(=O)c2ccccc21)c1ccccc1. The molecule has 0 N–H and O–H groups in total. The number of fused-ring (bicyclic) bond motifs is 1. The molecule has 2 aromatic heterocycles. The quantitative estimate of drug-likeness (QED) is 0.496. The molecule has 0 radical (unpaired) electrons. The van der Waals surface area contributed by atoms with E-state index in [1.807, 2.05) is 37.3 Å². The van der Waals surface area contributed by atoms with Crippen LogP contribution in [0.4, 0.5) is 5.69 Å². The average Bonchev–Trinajstić information content (AvgIpc) is 3.29. The Kier molecular flexibility index (Phi) is 5.34. The van der Waals surface area contributed by atoms with Crippen LogP contribution >= 0.6 is 0 Å². The Bertz CT molecular complexity index is 1290. The molecule has 0 aliphatic heterocycles. The summed E-state index contributed by atoms with van der Waals surface area (Å²) >= 11 is 0. The Morgan fingerprint density at radius 3 is 2.37 bits per heavy atom. The van der Waals surface area contributed by atoms with Crippen molar-refractivity contribution in [1.82, 2.24) is 9.13 Å². The number of amides is 1. The van der Waals surface area contributed by atoms with Crippen molar-refractivity contribution >= 4 is 22.5 Å². The zero-order valence-corrected chi connectivity index (χ0v) is 16.5. The highest BCUT2D eigenvalue weighted by molar-refractivity contribution is 5.94. The largest absolute Gasteiger partial charge is 0.467 e. The predicted molar refractivity (Wildman–Crippen MR) is 115 cm³/mol. The maximum atomic E-state index is 13.2. The number of rotatable bonds is 6. The third kappa shape index (κ3) is 3.57. The molecule has 7 heteroatoms. The van der Waals surface area contributed by atoms with Crippen LogP contribution in [0.1, 0.15) is 12.7 Å². The lowest BCUT2D eigenvalue weighted by Crippen LogP contribution is -2.43. The Hall–Kier alpha value is -3.87. The number of nitrogens with zero attached hydrogens (tertiary/aromatic N) is 3. The van der Waals surface area contributed by atoms with E-state index in [-0.39, 0.29) is 19.0 Å². The fourth-order valence-electron chi connectivity index (χ4n) is 3.55. The molecule has 0 bridgehead atoms. The van der Waals surface area contributed by atoms with Crippen LogP contribution in [0.3, 0.4) is 0 Å². The number of benzene rings is 2.